The second kappa shape index (κ2) is 8.90. The van der Waals surface area contributed by atoms with Crippen LogP contribution in [0.5, 0.6) is 0 Å². The van der Waals surface area contributed by atoms with E-state index in [4.69, 9.17) is 4.42 Å². The van der Waals surface area contributed by atoms with E-state index in [0.717, 1.165) is 10.8 Å². The van der Waals surface area contributed by atoms with Gasteiger partial charge in [-0.1, -0.05) is 19.3 Å². The fourth-order valence-electron chi connectivity index (χ4n) is 3.51. The minimum absolute atomic E-state index is 0.134. The third-order valence-corrected chi connectivity index (χ3v) is 6.05. The zero-order valence-electron chi connectivity index (χ0n) is 16.8. The molecule has 0 unspecified atom stereocenters. The first-order valence-corrected chi connectivity index (χ1v) is 10.8. The molecule has 2 aromatic rings. The van der Waals surface area contributed by atoms with E-state index in [2.05, 4.69) is 15.6 Å². The second-order valence-corrected chi connectivity index (χ2v) is 8.98. The van der Waals surface area contributed by atoms with Gasteiger partial charge in [-0.15, -0.1) is 11.3 Å². The summed E-state index contributed by atoms with van der Waals surface area (Å²) in [7, 11) is 0. The molecule has 0 spiro atoms. The fourth-order valence-corrected chi connectivity index (χ4v) is 4.29. The molecule has 0 radical (unpaired) electrons. The van der Waals surface area contributed by atoms with Crippen LogP contribution < -0.4 is 10.6 Å². The van der Waals surface area contributed by atoms with Gasteiger partial charge in [0.05, 0.1) is 12.1 Å². The lowest BCUT2D eigenvalue weighted by molar-refractivity contribution is -0.132. The summed E-state index contributed by atoms with van der Waals surface area (Å²) in [6.45, 7) is 6.04. The first-order chi connectivity index (χ1) is 13.3. The number of thiazole rings is 1. The van der Waals surface area contributed by atoms with Crippen LogP contribution >= 0.6 is 11.3 Å². The summed E-state index contributed by atoms with van der Waals surface area (Å²) in [4.78, 5) is 29.4. The van der Waals surface area contributed by atoms with Gasteiger partial charge in [-0.2, -0.15) is 0 Å². The molecule has 2 aromatic heterocycles. The molecule has 0 saturated heterocycles. The molecule has 0 aromatic carbocycles. The molecule has 2 N–H and O–H groups in total. The maximum Gasteiger partial charge on any atom is 0.245 e. The van der Waals surface area contributed by atoms with Crippen molar-refractivity contribution >= 4 is 23.2 Å². The van der Waals surface area contributed by atoms with Crippen LogP contribution in [0.4, 0.5) is 0 Å². The van der Waals surface area contributed by atoms with Gasteiger partial charge >= 0.3 is 0 Å². The minimum atomic E-state index is -0.956. The topological polar surface area (TPSA) is 84.2 Å². The van der Waals surface area contributed by atoms with Crippen molar-refractivity contribution in [2.75, 3.05) is 6.54 Å². The third-order valence-electron chi connectivity index (χ3n) is 5.14. The minimum Gasteiger partial charge on any atom is -0.459 e. The number of hydrogen-bond acceptors (Lipinski definition) is 5. The van der Waals surface area contributed by atoms with Crippen LogP contribution in [0.1, 0.15) is 57.4 Å². The van der Waals surface area contributed by atoms with Crippen molar-refractivity contribution < 1.29 is 14.0 Å². The molecule has 0 aliphatic heterocycles. The molecule has 7 heteroatoms. The lowest BCUT2D eigenvalue weighted by Crippen LogP contribution is -2.55. The fraction of sp³-hybridized carbons (Fsp3) is 0.571. The number of amides is 2. The van der Waals surface area contributed by atoms with Gasteiger partial charge in [0.2, 0.25) is 11.8 Å². The van der Waals surface area contributed by atoms with Gasteiger partial charge in [-0.25, -0.2) is 4.98 Å². The molecular weight excluding hydrogens is 374 g/mol. The Bertz CT molecular complexity index is 818. The number of rotatable bonds is 7. The molecule has 2 heterocycles. The van der Waals surface area contributed by atoms with E-state index in [1.807, 2.05) is 24.4 Å². The lowest BCUT2D eigenvalue weighted by Gasteiger charge is -2.27. The molecule has 2 amide bonds. The molecule has 0 bridgehead atoms. The Morgan fingerprint density at radius 3 is 2.68 bits per heavy atom. The highest BCUT2D eigenvalue weighted by atomic mass is 32.1. The van der Waals surface area contributed by atoms with Gasteiger partial charge in [0, 0.05) is 11.9 Å². The smallest absolute Gasteiger partial charge is 0.245 e. The van der Waals surface area contributed by atoms with Gasteiger partial charge in [0.1, 0.15) is 11.3 Å². The predicted octanol–water partition coefficient (Wildman–Crippen LogP) is 3.85. The summed E-state index contributed by atoms with van der Waals surface area (Å²) in [5, 5.41) is 8.45. The normalized spacial score (nSPS) is 15.4. The summed E-state index contributed by atoms with van der Waals surface area (Å²) < 4.78 is 5.57. The maximum atomic E-state index is 12.5. The standard InChI is InChI=1S/C21H29N3O3S/c1-14-9-10-17(27-14)19-23-16(13-28-19)11-18(25)24-21(2,3)20(26)22-12-15-7-5-4-6-8-15/h9-10,13,15H,4-8,11-12H2,1-3H3,(H,22,26)(H,24,25). The molecule has 1 saturated carbocycles. The Kier molecular flexibility index (Phi) is 6.54. The lowest BCUT2D eigenvalue weighted by atomic mass is 9.89. The van der Waals surface area contributed by atoms with Crippen LogP contribution in [-0.4, -0.2) is 28.9 Å². The highest BCUT2D eigenvalue weighted by Crippen LogP contribution is 2.26. The summed E-state index contributed by atoms with van der Waals surface area (Å²) >= 11 is 1.44. The summed E-state index contributed by atoms with van der Waals surface area (Å²) in [6, 6.07) is 3.76. The average Bonchev–Trinajstić information content (AvgIpc) is 3.28. The van der Waals surface area contributed by atoms with E-state index in [-0.39, 0.29) is 18.2 Å². The Labute approximate surface area is 170 Å². The average molecular weight is 404 g/mol. The Morgan fingerprint density at radius 1 is 1.25 bits per heavy atom. The first-order valence-electron chi connectivity index (χ1n) is 9.94. The number of furan rings is 1. The van der Waals surface area contributed by atoms with Gasteiger partial charge in [0.15, 0.2) is 10.8 Å². The molecule has 28 heavy (non-hydrogen) atoms. The number of nitrogens with one attached hydrogen (secondary N) is 2. The molecule has 1 fully saturated rings. The molecular formula is C21H29N3O3S. The van der Waals surface area contributed by atoms with Gasteiger partial charge in [-0.3, -0.25) is 9.59 Å². The van der Waals surface area contributed by atoms with E-state index in [9.17, 15) is 9.59 Å². The number of hydrogen-bond donors (Lipinski definition) is 2. The van der Waals surface area contributed by atoms with E-state index in [1.54, 1.807) is 13.8 Å². The maximum absolute atomic E-state index is 12.5. The van der Waals surface area contributed by atoms with Gasteiger partial charge in [-0.05, 0) is 51.7 Å². The van der Waals surface area contributed by atoms with E-state index >= 15 is 0 Å². The molecule has 0 atom stereocenters. The van der Waals surface area contributed by atoms with Crippen molar-refractivity contribution in [3.63, 3.8) is 0 Å². The van der Waals surface area contributed by atoms with Crippen LogP contribution in [0.15, 0.2) is 21.9 Å². The van der Waals surface area contributed by atoms with Crippen molar-refractivity contribution in [1.29, 1.82) is 0 Å². The molecule has 1 aliphatic rings. The second-order valence-electron chi connectivity index (χ2n) is 8.12. The Hall–Kier alpha value is -2.15. The Morgan fingerprint density at radius 2 is 2.00 bits per heavy atom. The van der Waals surface area contributed by atoms with Crippen LogP contribution in [-0.2, 0) is 16.0 Å². The van der Waals surface area contributed by atoms with Crippen LogP contribution in [0.2, 0.25) is 0 Å². The van der Waals surface area contributed by atoms with Crippen molar-refractivity contribution in [1.82, 2.24) is 15.6 Å². The van der Waals surface area contributed by atoms with Gasteiger partial charge < -0.3 is 15.1 Å². The predicted molar refractivity (Wildman–Crippen MR) is 110 cm³/mol. The van der Waals surface area contributed by atoms with E-state index in [1.165, 1.54) is 43.4 Å². The summed E-state index contributed by atoms with van der Waals surface area (Å²) in [6.07, 6.45) is 6.27. The van der Waals surface area contributed by atoms with Crippen molar-refractivity contribution in [2.45, 2.75) is 64.8 Å². The van der Waals surface area contributed by atoms with Gasteiger partial charge in [0.25, 0.3) is 0 Å². The summed E-state index contributed by atoms with van der Waals surface area (Å²) in [5.74, 6) is 1.73. The summed E-state index contributed by atoms with van der Waals surface area (Å²) in [5.41, 5.74) is -0.284. The number of carbonyl (C=O) groups is 2. The molecule has 1 aliphatic carbocycles. The zero-order chi connectivity index (χ0) is 20.1. The van der Waals surface area contributed by atoms with Crippen molar-refractivity contribution in [3.05, 3.63) is 29.0 Å². The van der Waals surface area contributed by atoms with Crippen molar-refractivity contribution in [2.24, 2.45) is 5.92 Å². The quantitative estimate of drug-likeness (QED) is 0.735. The number of nitrogens with zero attached hydrogens (tertiary/aromatic N) is 1. The Balaban J connectivity index is 1.50. The SMILES string of the molecule is Cc1ccc(-c2nc(CC(=O)NC(C)(C)C(=O)NCC3CCCCC3)cs2)o1. The first kappa shape index (κ1) is 20.6. The number of aryl methyl sites for hydroxylation is 1. The van der Waals surface area contributed by atoms with Crippen LogP contribution in [0.25, 0.3) is 10.8 Å². The number of aromatic nitrogens is 1. The molecule has 152 valence electrons. The zero-order valence-corrected chi connectivity index (χ0v) is 17.7. The number of carbonyl (C=O) groups excluding carboxylic acids is 2. The van der Waals surface area contributed by atoms with Crippen LogP contribution in [0, 0.1) is 12.8 Å². The molecule has 6 nitrogen and oxygen atoms in total. The highest BCUT2D eigenvalue weighted by molar-refractivity contribution is 7.13. The van der Waals surface area contributed by atoms with Crippen molar-refractivity contribution in [3.8, 4) is 10.8 Å². The monoisotopic (exact) mass is 403 g/mol. The molecule has 3 rings (SSSR count). The third kappa shape index (κ3) is 5.44. The van der Waals surface area contributed by atoms with E-state index < -0.39 is 5.54 Å². The van der Waals surface area contributed by atoms with Crippen LogP contribution in [0.3, 0.4) is 0 Å². The van der Waals surface area contributed by atoms with E-state index in [0.29, 0.717) is 23.9 Å². The largest absolute Gasteiger partial charge is 0.459 e. The highest BCUT2D eigenvalue weighted by Gasteiger charge is 2.30.